The maximum absolute atomic E-state index is 13.0. The van der Waals surface area contributed by atoms with E-state index in [2.05, 4.69) is 9.88 Å². The smallest absolute Gasteiger partial charge is 0.276 e. The van der Waals surface area contributed by atoms with Crippen molar-refractivity contribution in [3.8, 4) is 11.3 Å². The van der Waals surface area contributed by atoms with Crippen molar-refractivity contribution >= 4 is 5.91 Å². The van der Waals surface area contributed by atoms with Gasteiger partial charge in [0.05, 0.1) is 0 Å². The summed E-state index contributed by atoms with van der Waals surface area (Å²) in [6.07, 6.45) is 2.11. The summed E-state index contributed by atoms with van der Waals surface area (Å²) < 4.78 is 5.53. The van der Waals surface area contributed by atoms with Gasteiger partial charge in [-0.3, -0.25) is 4.79 Å². The Hall–Kier alpha value is -2.18. The van der Waals surface area contributed by atoms with Gasteiger partial charge in [0.25, 0.3) is 5.91 Å². The van der Waals surface area contributed by atoms with E-state index in [1.807, 2.05) is 50.2 Å². The predicted octanol–water partition coefficient (Wildman–Crippen LogP) is 2.03. The first-order valence-corrected chi connectivity index (χ1v) is 8.58. The Kier molecular flexibility index (Phi) is 5.20. The van der Waals surface area contributed by atoms with Crippen molar-refractivity contribution in [1.29, 1.82) is 0 Å². The number of rotatable bonds is 4. The van der Waals surface area contributed by atoms with Gasteiger partial charge in [-0.05, 0) is 33.5 Å². The molecule has 6 nitrogen and oxygen atoms in total. The van der Waals surface area contributed by atoms with E-state index < -0.39 is 0 Å². The molecule has 1 fully saturated rings. The van der Waals surface area contributed by atoms with Crippen LogP contribution in [0.1, 0.15) is 22.5 Å². The number of nitrogens with zero attached hydrogens (tertiary/aromatic N) is 3. The van der Waals surface area contributed by atoms with Crippen molar-refractivity contribution in [2.75, 3.05) is 33.8 Å². The van der Waals surface area contributed by atoms with Crippen LogP contribution in [0, 0.1) is 12.8 Å². The Morgan fingerprint density at radius 3 is 2.92 bits per heavy atom. The molecule has 0 saturated carbocycles. The van der Waals surface area contributed by atoms with Gasteiger partial charge in [-0.25, -0.2) is 4.98 Å². The van der Waals surface area contributed by atoms with Crippen molar-refractivity contribution in [3.05, 3.63) is 41.9 Å². The lowest BCUT2D eigenvalue weighted by Gasteiger charge is -2.40. The topological polar surface area (TPSA) is 69.8 Å². The Morgan fingerprint density at radius 2 is 2.24 bits per heavy atom. The number of likely N-dealkylation sites (tertiary alicyclic amines) is 1. The van der Waals surface area contributed by atoms with Crippen LogP contribution in [-0.4, -0.2) is 65.6 Å². The number of hydrogen-bond donors (Lipinski definition) is 1. The molecule has 1 amide bonds. The first kappa shape index (κ1) is 17.6. The molecule has 2 heterocycles. The van der Waals surface area contributed by atoms with Gasteiger partial charge in [-0.15, -0.1) is 0 Å². The normalized spacial score (nSPS) is 20.9. The number of carbonyl (C=O) groups is 1. The van der Waals surface area contributed by atoms with Crippen LogP contribution in [0.2, 0.25) is 0 Å². The van der Waals surface area contributed by atoms with Crippen LogP contribution < -0.4 is 0 Å². The van der Waals surface area contributed by atoms with E-state index in [1.54, 1.807) is 0 Å². The van der Waals surface area contributed by atoms with Gasteiger partial charge >= 0.3 is 0 Å². The van der Waals surface area contributed by atoms with Crippen molar-refractivity contribution in [2.45, 2.75) is 19.4 Å². The molecule has 0 spiro atoms. The second-order valence-electron chi connectivity index (χ2n) is 6.91. The SMILES string of the molecule is Cc1cccc(-c2ocnc2C(=O)N2CC[C@H](CO)[C@H](N(C)C)C2)c1. The summed E-state index contributed by atoms with van der Waals surface area (Å²) >= 11 is 0. The third kappa shape index (κ3) is 3.60. The van der Waals surface area contributed by atoms with Crippen molar-refractivity contribution in [3.63, 3.8) is 0 Å². The molecule has 1 N–H and O–H groups in total. The zero-order valence-corrected chi connectivity index (χ0v) is 15.0. The number of aryl methyl sites for hydroxylation is 1. The first-order valence-electron chi connectivity index (χ1n) is 8.58. The lowest BCUT2D eigenvalue weighted by Crippen LogP contribution is -2.53. The summed E-state index contributed by atoms with van der Waals surface area (Å²) in [4.78, 5) is 21.1. The van der Waals surface area contributed by atoms with Crippen LogP contribution in [0.3, 0.4) is 0 Å². The van der Waals surface area contributed by atoms with Crippen LogP contribution in [-0.2, 0) is 0 Å². The zero-order chi connectivity index (χ0) is 18.0. The van der Waals surface area contributed by atoms with Crippen LogP contribution in [0.15, 0.2) is 35.1 Å². The van der Waals surface area contributed by atoms with Gasteiger partial charge in [0.2, 0.25) is 0 Å². The second kappa shape index (κ2) is 7.37. The molecule has 0 bridgehead atoms. The maximum Gasteiger partial charge on any atom is 0.276 e. The van der Waals surface area contributed by atoms with Crippen molar-refractivity contribution in [2.24, 2.45) is 5.92 Å². The summed E-state index contributed by atoms with van der Waals surface area (Å²) in [5.74, 6) is 0.584. The minimum absolute atomic E-state index is 0.117. The Morgan fingerprint density at radius 1 is 1.44 bits per heavy atom. The van der Waals surface area contributed by atoms with E-state index in [1.165, 1.54) is 6.39 Å². The van der Waals surface area contributed by atoms with Crippen LogP contribution >= 0.6 is 0 Å². The number of aliphatic hydroxyl groups excluding tert-OH is 1. The zero-order valence-electron chi connectivity index (χ0n) is 15.0. The van der Waals surface area contributed by atoms with Gasteiger partial charge < -0.3 is 19.3 Å². The fourth-order valence-corrected chi connectivity index (χ4v) is 3.50. The maximum atomic E-state index is 13.0. The monoisotopic (exact) mass is 343 g/mol. The quantitative estimate of drug-likeness (QED) is 0.920. The molecule has 1 aliphatic rings. The molecule has 0 aliphatic carbocycles. The minimum Gasteiger partial charge on any atom is -0.443 e. The molecule has 0 unspecified atom stereocenters. The Balaban J connectivity index is 1.84. The number of carbonyl (C=O) groups excluding carboxylic acids is 1. The fraction of sp³-hybridized carbons (Fsp3) is 0.474. The van der Waals surface area contributed by atoms with Crippen LogP contribution in [0.5, 0.6) is 0 Å². The van der Waals surface area contributed by atoms with Gasteiger partial charge in [0.15, 0.2) is 17.8 Å². The van der Waals surface area contributed by atoms with E-state index in [9.17, 15) is 9.90 Å². The van der Waals surface area contributed by atoms with E-state index in [4.69, 9.17) is 4.42 Å². The molecule has 1 aromatic heterocycles. The molecule has 1 saturated heterocycles. The molecule has 25 heavy (non-hydrogen) atoms. The number of likely N-dealkylation sites (N-methyl/N-ethyl adjacent to an activating group) is 1. The number of oxazole rings is 1. The molecular formula is C19H25N3O3. The molecule has 0 radical (unpaired) electrons. The van der Waals surface area contributed by atoms with E-state index in [0.29, 0.717) is 24.5 Å². The summed E-state index contributed by atoms with van der Waals surface area (Å²) in [6.45, 7) is 3.35. The highest BCUT2D eigenvalue weighted by atomic mass is 16.3. The predicted molar refractivity (Wildman–Crippen MR) is 95.2 cm³/mol. The molecule has 6 heteroatoms. The molecule has 134 valence electrons. The molecule has 1 aromatic carbocycles. The van der Waals surface area contributed by atoms with Crippen molar-refractivity contribution < 1.29 is 14.3 Å². The first-order chi connectivity index (χ1) is 12.0. The molecule has 1 aliphatic heterocycles. The molecular weight excluding hydrogens is 318 g/mol. The summed E-state index contributed by atoms with van der Waals surface area (Å²) in [6, 6.07) is 7.99. The van der Waals surface area contributed by atoms with E-state index in [0.717, 1.165) is 17.5 Å². The van der Waals surface area contributed by atoms with Crippen LogP contribution in [0.4, 0.5) is 0 Å². The van der Waals surface area contributed by atoms with Gasteiger partial charge in [0.1, 0.15) is 0 Å². The lowest BCUT2D eigenvalue weighted by molar-refractivity contribution is 0.0376. The average Bonchev–Trinajstić information content (AvgIpc) is 3.10. The summed E-state index contributed by atoms with van der Waals surface area (Å²) in [5.41, 5.74) is 2.31. The van der Waals surface area contributed by atoms with Gasteiger partial charge in [-0.2, -0.15) is 0 Å². The number of benzene rings is 1. The highest BCUT2D eigenvalue weighted by molar-refractivity contribution is 5.97. The number of hydrogen-bond acceptors (Lipinski definition) is 5. The molecule has 2 atom stereocenters. The van der Waals surface area contributed by atoms with Gasteiger partial charge in [0, 0.05) is 37.2 Å². The Labute approximate surface area is 148 Å². The lowest BCUT2D eigenvalue weighted by atomic mass is 9.91. The van der Waals surface area contributed by atoms with E-state index in [-0.39, 0.29) is 24.5 Å². The third-order valence-electron chi connectivity index (χ3n) is 4.96. The minimum atomic E-state index is -0.117. The molecule has 2 aromatic rings. The second-order valence-corrected chi connectivity index (χ2v) is 6.91. The standard InChI is InChI=1S/C19H25N3O3/c1-13-5-4-6-14(9-13)18-17(20-12-25-18)19(24)22-8-7-15(11-23)16(10-22)21(2)3/h4-6,9,12,15-16,23H,7-8,10-11H2,1-3H3/t15-,16-/m1/s1. The van der Waals surface area contributed by atoms with Gasteiger partial charge in [-0.1, -0.05) is 23.8 Å². The molecule has 3 rings (SSSR count). The average molecular weight is 343 g/mol. The largest absolute Gasteiger partial charge is 0.443 e. The highest BCUT2D eigenvalue weighted by Gasteiger charge is 2.34. The number of aromatic nitrogens is 1. The van der Waals surface area contributed by atoms with Crippen molar-refractivity contribution in [1.82, 2.24) is 14.8 Å². The summed E-state index contributed by atoms with van der Waals surface area (Å²) in [5, 5.41) is 9.58. The number of piperidine rings is 1. The summed E-state index contributed by atoms with van der Waals surface area (Å²) in [7, 11) is 3.96. The van der Waals surface area contributed by atoms with Crippen LogP contribution in [0.25, 0.3) is 11.3 Å². The third-order valence-corrected chi connectivity index (χ3v) is 4.96. The van der Waals surface area contributed by atoms with E-state index >= 15 is 0 Å². The fourth-order valence-electron chi connectivity index (χ4n) is 3.50. The number of amides is 1. The highest BCUT2D eigenvalue weighted by Crippen LogP contribution is 2.27. The Bertz CT molecular complexity index is 741. The number of aliphatic hydroxyl groups is 1.